The molecule has 1 fully saturated rings. The lowest BCUT2D eigenvalue weighted by Crippen LogP contribution is -2.39. The van der Waals surface area contributed by atoms with Gasteiger partial charge < -0.3 is 19.2 Å². The minimum Gasteiger partial charge on any atom is -0.461 e. The zero-order valence-corrected chi connectivity index (χ0v) is 14.7. The van der Waals surface area contributed by atoms with E-state index in [0.29, 0.717) is 42.9 Å². The summed E-state index contributed by atoms with van der Waals surface area (Å²) in [4.78, 5) is 18.7. The first kappa shape index (κ1) is 17.7. The van der Waals surface area contributed by atoms with Gasteiger partial charge in [0.1, 0.15) is 0 Å². The molecule has 0 spiro atoms. The third-order valence-corrected chi connectivity index (χ3v) is 4.66. The Hall–Kier alpha value is -2.15. The Balaban J connectivity index is 1.32. The van der Waals surface area contributed by atoms with Crippen molar-refractivity contribution in [2.24, 2.45) is 0 Å². The fourth-order valence-electron chi connectivity index (χ4n) is 3.17. The van der Waals surface area contributed by atoms with Crippen molar-refractivity contribution in [1.29, 1.82) is 0 Å². The van der Waals surface area contributed by atoms with E-state index in [9.17, 15) is 4.79 Å². The van der Waals surface area contributed by atoms with E-state index in [1.54, 1.807) is 18.4 Å². The molecule has 1 amide bonds. The van der Waals surface area contributed by atoms with Gasteiger partial charge in [0.25, 0.3) is 0 Å². The average molecular weight is 346 g/mol. The first-order valence-corrected chi connectivity index (χ1v) is 9.09. The van der Waals surface area contributed by atoms with Crippen LogP contribution in [0.3, 0.4) is 0 Å². The fourth-order valence-corrected chi connectivity index (χ4v) is 3.17. The molecule has 1 unspecified atom stereocenters. The van der Waals surface area contributed by atoms with Gasteiger partial charge in [-0.15, -0.1) is 0 Å². The van der Waals surface area contributed by atoms with Crippen molar-refractivity contribution >= 4 is 5.91 Å². The Bertz CT molecular complexity index is 653. The van der Waals surface area contributed by atoms with Crippen LogP contribution in [0.2, 0.25) is 0 Å². The number of carbonyl (C=O) groups excluding carboxylic acids is 1. The Morgan fingerprint density at radius 1 is 1.44 bits per heavy atom. The summed E-state index contributed by atoms with van der Waals surface area (Å²) in [6, 6.07) is 4.21. The van der Waals surface area contributed by atoms with Crippen molar-refractivity contribution < 1.29 is 13.7 Å². The Morgan fingerprint density at radius 3 is 3.16 bits per heavy atom. The molecule has 7 nitrogen and oxygen atoms in total. The van der Waals surface area contributed by atoms with Crippen LogP contribution in [0.25, 0.3) is 11.6 Å². The highest BCUT2D eigenvalue weighted by molar-refractivity contribution is 5.75. The number of aromatic nitrogens is 2. The van der Waals surface area contributed by atoms with Crippen molar-refractivity contribution in [3.05, 3.63) is 24.3 Å². The summed E-state index contributed by atoms with van der Waals surface area (Å²) in [7, 11) is 0. The van der Waals surface area contributed by atoms with E-state index in [-0.39, 0.29) is 5.91 Å². The number of piperidine rings is 1. The van der Waals surface area contributed by atoms with Gasteiger partial charge in [-0.2, -0.15) is 4.98 Å². The summed E-state index contributed by atoms with van der Waals surface area (Å²) in [5, 5.41) is 6.82. The minimum absolute atomic E-state index is 0.0180. The second-order valence-electron chi connectivity index (χ2n) is 6.57. The SMILES string of the molecule is CC1CCCCN1CCCNC(=O)CCc1nc(-c2ccco2)no1. The number of likely N-dealkylation sites (tertiary alicyclic amines) is 1. The number of rotatable bonds is 8. The van der Waals surface area contributed by atoms with Crippen LogP contribution < -0.4 is 5.32 Å². The van der Waals surface area contributed by atoms with E-state index in [2.05, 4.69) is 27.3 Å². The third-order valence-electron chi connectivity index (χ3n) is 4.66. The lowest BCUT2D eigenvalue weighted by atomic mass is 10.0. The summed E-state index contributed by atoms with van der Waals surface area (Å²) in [5.41, 5.74) is 0. The molecule has 136 valence electrons. The van der Waals surface area contributed by atoms with Crippen molar-refractivity contribution in [2.75, 3.05) is 19.6 Å². The van der Waals surface area contributed by atoms with Crippen molar-refractivity contribution in [3.8, 4) is 11.6 Å². The molecule has 1 atom stereocenters. The first-order chi connectivity index (χ1) is 12.2. The average Bonchev–Trinajstić information content (AvgIpc) is 3.29. The van der Waals surface area contributed by atoms with Crippen molar-refractivity contribution in [1.82, 2.24) is 20.4 Å². The molecule has 3 heterocycles. The molecule has 1 aliphatic rings. The van der Waals surface area contributed by atoms with Crippen LogP contribution in [0.5, 0.6) is 0 Å². The van der Waals surface area contributed by atoms with E-state index in [1.165, 1.54) is 25.8 Å². The smallest absolute Gasteiger partial charge is 0.238 e. The minimum atomic E-state index is 0.0180. The molecule has 0 radical (unpaired) electrons. The highest BCUT2D eigenvalue weighted by Gasteiger charge is 2.17. The first-order valence-electron chi connectivity index (χ1n) is 9.09. The molecule has 7 heteroatoms. The van der Waals surface area contributed by atoms with Gasteiger partial charge in [-0.05, 0) is 44.9 Å². The van der Waals surface area contributed by atoms with E-state index in [1.807, 2.05) is 0 Å². The summed E-state index contributed by atoms with van der Waals surface area (Å²) in [5.74, 6) is 1.44. The molecule has 2 aromatic rings. The predicted molar refractivity (Wildman–Crippen MR) is 92.8 cm³/mol. The molecule has 0 aliphatic carbocycles. The van der Waals surface area contributed by atoms with E-state index < -0.39 is 0 Å². The normalized spacial score (nSPS) is 18.4. The monoisotopic (exact) mass is 346 g/mol. The molecule has 3 rings (SSSR count). The van der Waals surface area contributed by atoms with Crippen LogP contribution >= 0.6 is 0 Å². The van der Waals surface area contributed by atoms with Gasteiger partial charge in [-0.1, -0.05) is 11.6 Å². The maximum absolute atomic E-state index is 11.9. The second kappa shape index (κ2) is 8.80. The summed E-state index contributed by atoms with van der Waals surface area (Å²) >= 11 is 0. The number of amides is 1. The number of furan rings is 1. The Morgan fingerprint density at radius 2 is 2.36 bits per heavy atom. The second-order valence-corrected chi connectivity index (χ2v) is 6.57. The number of aryl methyl sites for hydroxylation is 1. The molecule has 0 bridgehead atoms. The largest absolute Gasteiger partial charge is 0.461 e. The van der Waals surface area contributed by atoms with Gasteiger partial charge in [0.05, 0.1) is 6.26 Å². The van der Waals surface area contributed by atoms with Gasteiger partial charge >= 0.3 is 0 Å². The van der Waals surface area contributed by atoms with Gasteiger partial charge in [0.15, 0.2) is 5.76 Å². The highest BCUT2D eigenvalue weighted by atomic mass is 16.5. The van der Waals surface area contributed by atoms with Gasteiger partial charge in [-0.3, -0.25) is 4.79 Å². The van der Waals surface area contributed by atoms with Crippen LogP contribution in [-0.4, -0.2) is 46.6 Å². The summed E-state index contributed by atoms with van der Waals surface area (Å²) in [6.07, 6.45) is 7.24. The predicted octanol–water partition coefficient (Wildman–Crippen LogP) is 2.64. The molecule has 1 saturated heterocycles. The van der Waals surface area contributed by atoms with Crippen LogP contribution in [0, 0.1) is 0 Å². The summed E-state index contributed by atoms with van der Waals surface area (Å²) in [6.45, 7) is 5.24. The Kier molecular flexibility index (Phi) is 6.22. The molecular weight excluding hydrogens is 320 g/mol. The third kappa shape index (κ3) is 5.16. The van der Waals surface area contributed by atoms with Crippen molar-refractivity contribution in [2.45, 2.75) is 51.5 Å². The number of nitrogens with zero attached hydrogens (tertiary/aromatic N) is 3. The molecule has 0 saturated carbocycles. The van der Waals surface area contributed by atoms with Crippen molar-refractivity contribution in [3.63, 3.8) is 0 Å². The fraction of sp³-hybridized carbons (Fsp3) is 0.611. The van der Waals surface area contributed by atoms with Crippen LogP contribution in [0.15, 0.2) is 27.3 Å². The molecular formula is C18H26N4O3. The lowest BCUT2D eigenvalue weighted by Gasteiger charge is -2.33. The number of nitrogens with one attached hydrogen (secondary N) is 1. The number of carbonyl (C=O) groups is 1. The Labute approximate surface area is 147 Å². The van der Waals surface area contributed by atoms with Gasteiger partial charge in [0.2, 0.25) is 17.6 Å². The molecule has 2 aromatic heterocycles. The molecule has 1 aliphatic heterocycles. The molecule has 1 N–H and O–H groups in total. The van der Waals surface area contributed by atoms with E-state index >= 15 is 0 Å². The molecule has 0 aromatic carbocycles. The molecule has 25 heavy (non-hydrogen) atoms. The van der Waals surface area contributed by atoms with Crippen LogP contribution in [0.1, 0.15) is 44.9 Å². The van der Waals surface area contributed by atoms with Crippen LogP contribution in [-0.2, 0) is 11.2 Å². The maximum Gasteiger partial charge on any atom is 0.238 e. The maximum atomic E-state index is 11.9. The summed E-state index contributed by atoms with van der Waals surface area (Å²) < 4.78 is 10.4. The topological polar surface area (TPSA) is 84.4 Å². The zero-order valence-electron chi connectivity index (χ0n) is 14.7. The number of hydrogen-bond donors (Lipinski definition) is 1. The lowest BCUT2D eigenvalue weighted by molar-refractivity contribution is -0.121. The zero-order chi connectivity index (χ0) is 17.5. The van der Waals surface area contributed by atoms with E-state index in [4.69, 9.17) is 8.94 Å². The van der Waals surface area contributed by atoms with E-state index in [0.717, 1.165) is 13.0 Å². The quantitative estimate of drug-likeness (QED) is 0.740. The standard InChI is InChI=1S/C18H26N4O3/c1-14-6-2-3-11-22(14)12-5-10-19-16(23)8-9-17-20-18(21-25-17)15-7-4-13-24-15/h4,7,13-14H,2-3,5-6,8-12H2,1H3,(H,19,23). The van der Waals surface area contributed by atoms with Gasteiger partial charge in [0, 0.05) is 32.0 Å². The highest BCUT2D eigenvalue weighted by Crippen LogP contribution is 2.17. The number of hydrogen-bond acceptors (Lipinski definition) is 6. The van der Waals surface area contributed by atoms with Crippen LogP contribution in [0.4, 0.5) is 0 Å². The van der Waals surface area contributed by atoms with Gasteiger partial charge in [-0.25, -0.2) is 0 Å².